The number of ether oxygens (including phenoxy) is 1. The number of aromatic amines is 1. The number of hydrogen-bond acceptors (Lipinski definition) is 10. The van der Waals surface area contributed by atoms with E-state index in [9.17, 15) is 24.2 Å². The molecular formula is C33H40FN5O6S. The number of halogens is 1. The number of piperidine rings is 1. The van der Waals surface area contributed by atoms with Crippen LogP contribution in [0.15, 0.2) is 39.6 Å². The van der Waals surface area contributed by atoms with Gasteiger partial charge in [0.05, 0.1) is 35.1 Å². The molecular weight excluding hydrogens is 613 g/mol. The quantitative estimate of drug-likeness (QED) is 0.190. The van der Waals surface area contributed by atoms with Crippen LogP contribution < -0.4 is 10.2 Å². The van der Waals surface area contributed by atoms with Crippen LogP contribution in [0, 0.1) is 19.7 Å². The molecule has 2 fully saturated rings. The number of aliphatic hydroxyl groups is 1. The third-order valence-corrected chi connectivity index (χ3v) is 10.1. The van der Waals surface area contributed by atoms with Crippen molar-refractivity contribution in [3.05, 3.63) is 79.5 Å². The fraction of sp³-hybridized carbons (Fsp3) is 0.485. The van der Waals surface area contributed by atoms with Gasteiger partial charge in [0.2, 0.25) is 5.91 Å². The Hall–Kier alpha value is -3.62. The van der Waals surface area contributed by atoms with Gasteiger partial charge in [-0.25, -0.2) is 4.39 Å². The normalized spacial score (nSPS) is 17.6. The molecule has 246 valence electrons. The lowest BCUT2D eigenvalue weighted by Gasteiger charge is -2.47. The van der Waals surface area contributed by atoms with Crippen LogP contribution in [0.2, 0.25) is 0 Å². The first kappa shape index (κ1) is 32.3. The number of thiazole rings is 1. The number of carbonyl (C=O) groups excluding carboxylic acids is 1. The van der Waals surface area contributed by atoms with E-state index in [1.807, 2.05) is 24.8 Å². The molecule has 0 saturated carbocycles. The lowest BCUT2D eigenvalue weighted by molar-refractivity contribution is -0.159. The van der Waals surface area contributed by atoms with Gasteiger partial charge in [0, 0.05) is 50.4 Å². The van der Waals surface area contributed by atoms with Crippen molar-refractivity contribution in [1.29, 1.82) is 0 Å². The monoisotopic (exact) mass is 653 g/mol. The maximum Gasteiger partial charge on any atom is 0.305 e. The summed E-state index contributed by atoms with van der Waals surface area (Å²) >= 11 is 0.951. The lowest BCUT2D eigenvalue weighted by Crippen LogP contribution is -2.58. The van der Waals surface area contributed by atoms with Crippen LogP contribution in [-0.4, -0.2) is 87.5 Å². The van der Waals surface area contributed by atoms with Crippen LogP contribution >= 0.6 is 11.3 Å². The minimum atomic E-state index is -0.875. The van der Waals surface area contributed by atoms with Gasteiger partial charge in [0.1, 0.15) is 22.8 Å². The number of aryl methyl sites for hydroxylation is 2. The van der Waals surface area contributed by atoms with Crippen molar-refractivity contribution in [2.75, 3.05) is 45.9 Å². The molecule has 0 radical (unpaired) electrons. The van der Waals surface area contributed by atoms with E-state index in [0.29, 0.717) is 60.7 Å². The van der Waals surface area contributed by atoms with E-state index in [0.717, 1.165) is 59.7 Å². The maximum absolute atomic E-state index is 14.6. The number of aliphatic hydroxyl groups excluding tert-OH is 1. The summed E-state index contributed by atoms with van der Waals surface area (Å²) in [5.74, 6) is 0.433. The fourth-order valence-corrected chi connectivity index (χ4v) is 7.51. The number of hydrogen-bond donors (Lipinski definition) is 4. The summed E-state index contributed by atoms with van der Waals surface area (Å²) in [6.07, 6.45) is 1.57. The number of benzene rings is 2. The van der Waals surface area contributed by atoms with Gasteiger partial charge in [-0.2, -0.15) is 0 Å². The lowest BCUT2D eigenvalue weighted by atomic mass is 9.88. The Morgan fingerprint density at radius 2 is 1.98 bits per heavy atom. The smallest absolute Gasteiger partial charge is 0.305 e. The van der Waals surface area contributed by atoms with E-state index in [4.69, 9.17) is 9.26 Å². The summed E-state index contributed by atoms with van der Waals surface area (Å²) in [4.78, 5) is 31.4. The Morgan fingerprint density at radius 3 is 2.74 bits per heavy atom. The Bertz CT molecular complexity index is 1740. The number of carbonyl (C=O) groups is 1. The van der Waals surface area contributed by atoms with Crippen molar-refractivity contribution in [1.82, 2.24) is 25.3 Å². The number of nitrogens with one attached hydrogen (secondary N) is 2. The van der Waals surface area contributed by atoms with Crippen LogP contribution in [0.4, 0.5) is 4.39 Å². The topological polar surface area (TPSA) is 144 Å². The third kappa shape index (κ3) is 7.18. The molecule has 2 saturated heterocycles. The van der Waals surface area contributed by atoms with Crippen LogP contribution in [-0.2, 0) is 28.9 Å². The zero-order chi connectivity index (χ0) is 32.4. The molecule has 2 aliphatic heterocycles. The second-order valence-electron chi connectivity index (χ2n) is 12.4. The molecule has 4 N–H and O–H groups in total. The molecule has 1 amide bonds. The van der Waals surface area contributed by atoms with Gasteiger partial charge < -0.3 is 34.7 Å². The number of nitrogens with zero attached hydrogens (tertiary/aromatic N) is 3. The highest BCUT2D eigenvalue weighted by atomic mass is 32.1. The van der Waals surface area contributed by atoms with E-state index < -0.39 is 6.10 Å². The van der Waals surface area contributed by atoms with Gasteiger partial charge in [0.15, 0.2) is 0 Å². The molecule has 0 bridgehead atoms. The zero-order valence-electron chi connectivity index (χ0n) is 26.1. The highest BCUT2D eigenvalue weighted by molar-refractivity contribution is 7.16. The molecule has 1 atom stereocenters. The van der Waals surface area contributed by atoms with Crippen LogP contribution in [0.3, 0.4) is 0 Å². The molecule has 11 nitrogen and oxygen atoms in total. The number of amides is 1. The first-order valence-corrected chi connectivity index (χ1v) is 16.5. The molecule has 2 aliphatic rings. The Morgan fingerprint density at radius 1 is 1.20 bits per heavy atom. The number of H-pyrrole nitrogens is 1. The minimum Gasteiger partial charge on any atom is -0.506 e. The molecule has 46 heavy (non-hydrogen) atoms. The van der Waals surface area contributed by atoms with Crippen molar-refractivity contribution in [2.45, 2.75) is 57.8 Å². The number of phenolic OH excluding ortho intramolecular Hbond substituents is 1. The van der Waals surface area contributed by atoms with Crippen molar-refractivity contribution in [3.63, 3.8) is 0 Å². The molecule has 2 aromatic heterocycles. The predicted molar refractivity (Wildman–Crippen MR) is 171 cm³/mol. The highest BCUT2D eigenvalue weighted by Gasteiger charge is 2.41. The number of likely N-dealkylation sites (tertiary alicyclic amines) is 1. The average molecular weight is 654 g/mol. The van der Waals surface area contributed by atoms with Gasteiger partial charge in [-0.05, 0) is 69.0 Å². The van der Waals surface area contributed by atoms with E-state index in [1.165, 1.54) is 12.1 Å². The number of aromatic hydroxyl groups is 1. The van der Waals surface area contributed by atoms with Gasteiger partial charge in [-0.15, -0.1) is 0 Å². The summed E-state index contributed by atoms with van der Waals surface area (Å²) in [6.45, 7) is 8.31. The summed E-state index contributed by atoms with van der Waals surface area (Å²) < 4.78 is 26.7. The summed E-state index contributed by atoms with van der Waals surface area (Å²) in [5.41, 5.74) is 3.91. The molecule has 2 aromatic carbocycles. The standard InChI is InChI=1S/C33H40FN5O6S/c1-20-26(21(2)45-37-20)16-29(42)39-11-12-44-33(19-39)6-9-38(10-7-33)18-23-13-22(14-24(34)15-23)5-8-35-17-28(41)25-3-4-27(40)30-31(25)46-32(43)36-30/h3-4,13-15,28,35,40-41H,5-12,16-19H2,1-2H3,(H,36,43). The van der Waals surface area contributed by atoms with E-state index in [-0.39, 0.29) is 40.9 Å². The summed E-state index contributed by atoms with van der Waals surface area (Å²) in [7, 11) is 0. The molecule has 4 heterocycles. The molecule has 13 heteroatoms. The molecule has 4 aromatic rings. The van der Waals surface area contributed by atoms with Crippen molar-refractivity contribution < 1.29 is 28.7 Å². The number of fused-ring (bicyclic) bond motifs is 1. The Balaban J connectivity index is 0.983. The number of rotatable bonds is 10. The molecule has 0 aliphatic carbocycles. The first-order chi connectivity index (χ1) is 22.1. The van der Waals surface area contributed by atoms with E-state index in [1.54, 1.807) is 12.1 Å². The van der Waals surface area contributed by atoms with E-state index >= 15 is 0 Å². The van der Waals surface area contributed by atoms with Crippen LogP contribution in [0.25, 0.3) is 10.2 Å². The molecule has 6 rings (SSSR count). The Kier molecular flexibility index (Phi) is 9.57. The van der Waals surface area contributed by atoms with Crippen molar-refractivity contribution >= 4 is 27.5 Å². The van der Waals surface area contributed by atoms with Gasteiger partial charge in [-0.3, -0.25) is 14.5 Å². The second kappa shape index (κ2) is 13.6. The van der Waals surface area contributed by atoms with E-state index in [2.05, 4.69) is 20.4 Å². The summed E-state index contributed by atoms with van der Waals surface area (Å²) in [5, 5.41) is 27.9. The SMILES string of the molecule is Cc1noc(C)c1CC(=O)N1CCOC2(CCN(Cc3cc(F)cc(CCNCC(O)c4ccc(O)c5[nH]c(=O)sc45)c3)CC2)C1. The second-order valence-corrected chi connectivity index (χ2v) is 13.4. The Labute approximate surface area is 270 Å². The minimum absolute atomic E-state index is 0.0331. The van der Waals surface area contributed by atoms with Crippen LogP contribution in [0.5, 0.6) is 5.75 Å². The fourth-order valence-electron chi connectivity index (χ4n) is 6.59. The van der Waals surface area contributed by atoms with Crippen LogP contribution in [0.1, 0.15) is 52.7 Å². The zero-order valence-corrected chi connectivity index (χ0v) is 26.9. The molecule has 1 spiro atoms. The highest BCUT2D eigenvalue weighted by Crippen LogP contribution is 2.32. The number of morpholine rings is 1. The first-order valence-electron chi connectivity index (χ1n) is 15.7. The van der Waals surface area contributed by atoms with Gasteiger partial charge in [0.25, 0.3) is 0 Å². The third-order valence-electron chi connectivity index (χ3n) is 9.18. The number of aromatic nitrogens is 2. The van der Waals surface area contributed by atoms with Crippen molar-refractivity contribution in [2.24, 2.45) is 0 Å². The summed E-state index contributed by atoms with van der Waals surface area (Å²) in [6, 6.07) is 8.22. The molecule has 1 unspecified atom stereocenters. The van der Waals surface area contributed by atoms with Gasteiger partial charge in [-0.1, -0.05) is 28.6 Å². The van der Waals surface area contributed by atoms with Crippen molar-refractivity contribution in [3.8, 4) is 5.75 Å². The van der Waals surface area contributed by atoms with Gasteiger partial charge >= 0.3 is 4.87 Å². The largest absolute Gasteiger partial charge is 0.506 e. The maximum atomic E-state index is 14.6. The predicted octanol–water partition coefficient (Wildman–Crippen LogP) is 3.34. The average Bonchev–Trinajstić information content (AvgIpc) is 3.58. The number of phenols is 1.